The van der Waals surface area contributed by atoms with Crippen molar-refractivity contribution in [1.29, 1.82) is 5.26 Å². The SMILES string of the molecule is CCc1ccc(CC(=O)OC)c(S)c1C#N. The zero-order valence-corrected chi connectivity index (χ0v) is 10.2. The predicted octanol–water partition coefficient (Wildman–Crippen LogP) is 2.12. The summed E-state index contributed by atoms with van der Waals surface area (Å²) in [6.45, 7) is 1.98. The van der Waals surface area contributed by atoms with Crippen LogP contribution in [0.4, 0.5) is 0 Å². The van der Waals surface area contributed by atoms with Gasteiger partial charge in [0, 0.05) is 4.90 Å². The summed E-state index contributed by atoms with van der Waals surface area (Å²) >= 11 is 4.30. The van der Waals surface area contributed by atoms with Crippen LogP contribution in [-0.4, -0.2) is 13.1 Å². The summed E-state index contributed by atoms with van der Waals surface area (Å²) in [5, 5.41) is 9.03. The molecule has 0 amide bonds. The van der Waals surface area contributed by atoms with Crippen molar-refractivity contribution in [1.82, 2.24) is 0 Å². The van der Waals surface area contributed by atoms with Crippen molar-refractivity contribution in [2.24, 2.45) is 0 Å². The van der Waals surface area contributed by atoms with Crippen LogP contribution >= 0.6 is 12.6 Å². The number of nitrogens with zero attached hydrogens (tertiary/aromatic N) is 1. The maximum Gasteiger partial charge on any atom is 0.310 e. The number of ether oxygens (including phenoxy) is 1. The molecule has 4 heteroatoms. The molecule has 16 heavy (non-hydrogen) atoms. The first kappa shape index (κ1) is 12.6. The molecule has 0 unspecified atom stereocenters. The molecule has 0 fully saturated rings. The molecule has 0 aliphatic rings. The number of esters is 1. The van der Waals surface area contributed by atoms with E-state index in [4.69, 9.17) is 5.26 Å². The van der Waals surface area contributed by atoms with Crippen LogP contribution in [-0.2, 0) is 22.4 Å². The van der Waals surface area contributed by atoms with Crippen LogP contribution < -0.4 is 0 Å². The van der Waals surface area contributed by atoms with Crippen molar-refractivity contribution >= 4 is 18.6 Å². The number of aryl methyl sites for hydroxylation is 1. The molecule has 0 aliphatic carbocycles. The first-order valence-electron chi connectivity index (χ1n) is 4.94. The summed E-state index contributed by atoms with van der Waals surface area (Å²) in [4.78, 5) is 11.7. The molecule has 0 N–H and O–H groups in total. The Morgan fingerprint density at radius 1 is 1.50 bits per heavy atom. The van der Waals surface area contributed by atoms with Gasteiger partial charge < -0.3 is 4.74 Å². The third-order valence-electron chi connectivity index (χ3n) is 2.40. The number of carbonyl (C=O) groups excluding carboxylic acids is 1. The smallest absolute Gasteiger partial charge is 0.310 e. The van der Waals surface area contributed by atoms with Gasteiger partial charge in [0.25, 0.3) is 0 Å². The van der Waals surface area contributed by atoms with E-state index in [1.807, 2.05) is 19.1 Å². The second-order valence-corrected chi connectivity index (χ2v) is 3.77. The van der Waals surface area contributed by atoms with Crippen LogP contribution in [0.2, 0.25) is 0 Å². The largest absolute Gasteiger partial charge is 0.469 e. The van der Waals surface area contributed by atoms with Crippen molar-refractivity contribution in [2.45, 2.75) is 24.7 Å². The minimum absolute atomic E-state index is 0.147. The summed E-state index contributed by atoms with van der Waals surface area (Å²) in [6.07, 6.45) is 0.920. The van der Waals surface area contributed by atoms with E-state index < -0.39 is 0 Å². The normalized spacial score (nSPS) is 9.62. The number of hydrogen-bond acceptors (Lipinski definition) is 4. The Balaban J connectivity index is 3.15. The minimum atomic E-state index is -0.330. The van der Waals surface area contributed by atoms with Crippen molar-refractivity contribution in [3.63, 3.8) is 0 Å². The van der Waals surface area contributed by atoms with Crippen LogP contribution in [0.15, 0.2) is 17.0 Å². The highest BCUT2D eigenvalue weighted by molar-refractivity contribution is 7.80. The van der Waals surface area contributed by atoms with Crippen LogP contribution in [0.1, 0.15) is 23.6 Å². The third-order valence-corrected chi connectivity index (χ3v) is 2.91. The van der Waals surface area contributed by atoms with E-state index in [0.29, 0.717) is 10.5 Å². The molecule has 0 saturated heterocycles. The zero-order valence-electron chi connectivity index (χ0n) is 9.28. The summed E-state index contributed by atoms with van der Waals surface area (Å²) in [5.74, 6) is -0.330. The highest BCUT2D eigenvalue weighted by atomic mass is 32.1. The molecule has 1 aromatic carbocycles. The van der Waals surface area contributed by atoms with Gasteiger partial charge in [-0.25, -0.2) is 0 Å². The van der Waals surface area contributed by atoms with E-state index in [1.54, 1.807) is 0 Å². The lowest BCUT2D eigenvalue weighted by Gasteiger charge is -2.09. The summed E-state index contributed by atoms with van der Waals surface area (Å²) in [6, 6.07) is 5.79. The molecular weight excluding hydrogens is 222 g/mol. The Hall–Kier alpha value is -1.47. The monoisotopic (exact) mass is 235 g/mol. The molecule has 0 spiro atoms. The lowest BCUT2D eigenvalue weighted by molar-refractivity contribution is -0.139. The molecule has 3 nitrogen and oxygen atoms in total. The van der Waals surface area contributed by atoms with E-state index in [0.717, 1.165) is 17.5 Å². The number of hydrogen-bond donors (Lipinski definition) is 1. The summed E-state index contributed by atoms with van der Waals surface area (Å²) < 4.78 is 4.58. The van der Waals surface area contributed by atoms with Crippen molar-refractivity contribution in [3.05, 3.63) is 28.8 Å². The number of rotatable bonds is 3. The fraction of sp³-hybridized carbons (Fsp3) is 0.333. The van der Waals surface area contributed by atoms with Gasteiger partial charge in [0.05, 0.1) is 19.1 Å². The molecule has 0 heterocycles. The van der Waals surface area contributed by atoms with Crippen molar-refractivity contribution < 1.29 is 9.53 Å². The van der Waals surface area contributed by atoms with Crippen LogP contribution in [0.5, 0.6) is 0 Å². The summed E-state index contributed by atoms with van der Waals surface area (Å²) in [7, 11) is 1.34. The van der Waals surface area contributed by atoms with Gasteiger partial charge >= 0.3 is 5.97 Å². The number of methoxy groups -OCH3 is 1. The lowest BCUT2D eigenvalue weighted by atomic mass is 10.0. The van der Waals surface area contributed by atoms with Gasteiger partial charge in [-0.3, -0.25) is 4.79 Å². The molecule has 0 aromatic heterocycles. The molecule has 0 atom stereocenters. The Labute approximate surface area is 100 Å². The second-order valence-electron chi connectivity index (χ2n) is 3.33. The molecule has 0 bridgehead atoms. The third kappa shape index (κ3) is 2.56. The molecule has 84 valence electrons. The Morgan fingerprint density at radius 2 is 2.12 bits per heavy atom. The van der Waals surface area contributed by atoms with E-state index in [-0.39, 0.29) is 12.4 Å². The van der Waals surface area contributed by atoms with Gasteiger partial charge in [-0.05, 0) is 17.5 Å². The molecular formula is C12H13NO2S. The fourth-order valence-electron chi connectivity index (χ4n) is 1.47. The quantitative estimate of drug-likeness (QED) is 0.645. The van der Waals surface area contributed by atoms with E-state index in [2.05, 4.69) is 23.4 Å². The topological polar surface area (TPSA) is 50.1 Å². The van der Waals surface area contributed by atoms with Crippen molar-refractivity contribution in [2.75, 3.05) is 7.11 Å². The molecule has 1 aromatic rings. The maximum absolute atomic E-state index is 11.1. The maximum atomic E-state index is 11.1. The van der Waals surface area contributed by atoms with Gasteiger partial charge in [0.1, 0.15) is 6.07 Å². The highest BCUT2D eigenvalue weighted by Crippen LogP contribution is 2.23. The zero-order chi connectivity index (χ0) is 12.1. The molecule has 0 aliphatic heterocycles. The first-order chi connectivity index (χ1) is 7.63. The van der Waals surface area contributed by atoms with Gasteiger partial charge in [-0.15, -0.1) is 12.6 Å². The van der Waals surface area contributed by atoms with E-state index >= 15 is 0 Å². The van der Waals surface area contributed by atoms with Gasteiger partial charge in [0.2, 0.25) is 0 Å². The first-order valence-corrected chi connectivity index (χ1v) is 5.39. The van der Waals surface area contributed by atoms with Gasteiger partial charge in [-0.2, -0.15) is 5.26 Å². The van der Waals surface area contributed by atoms with Gasteiger partial charge in [0.15, 0.2) is 0 Å². The van der Waals surface area contributed by atoms with Crippen molar-refractivity contribution in [3.8, 4) is 6.07 Å². The average molecular weight is 235 g/mol. The van der Waals surface area contributed by atoms with E-state index in [9.17, 15) is 4.79 Å². The Morgan fingerprint density at radius 3 is 2.62 bits per heavy atom. The van der Waals surface area contributed by atoms with E-state index in [1.165, 1.54) is 7.11 Å². The molecule has 0 radical (unpaired) electrons. The number of thiol groups is 1. The molecule has 0 saturated carbocycles. The van der Waals surface area contributed by atoms with Crippen LogP contribution in [0.3, 0.4) is 0 Å². The number of benzene rings is 1. The summed E-state index contributed by atoms with van der Waals surface area (Å²) in [5.41, 5.74) is 2.22. The van der Waals surface area contributed by atoms with Gasteiger partial charge in [-0.1, -0.05) is 19.1 Å². The second kappa shape index (κ2) is 5.57. The van der Waals surface area contributed by atoms with Crippen LogP contribution in [0.25, 0.3) is 0 Å². The standard InChI is InChI=1S/C12H13NO2S/c1-3-8-4-5-9(6-11(14)15-2)12(16)10(8)7-13/h4-5,16H,3,6H2,1-2H3. The number of nitriles is 1. The Kier molecular flexibility index (Phi) is 4.39. The predicted molar refractivity (Wildman–Crippen MR) is 63.5 cm³/mol. The average Bonchev–Trinajstić information content (AvgIpc) is 2.31. The fourth-order valence-corrected chi connectivity index (χ4v) is 1.81. The molecule has 1 rings (SSSR count). The lowest BCUT2D eigenvalue weighted by Crippen LogP contribution is -2.06. The number of carbonyl (C=O) groups is 1. The van der Waals surface area contributed by atoms with Crippen LogP contribution in [0, 0.1) is 11.3 Å². The Bertz CT molecular complexity index is 449. The highest BCUT2D eigenvalue weighted by Gasteiger charge is 2.12. The minimum Gasteiger partial charge on any atom is -0.469 e.